The lowest BCUT2D eigenvalue weighted by Crippen LogP contribution is -2.38. The van der Waals surface area contributed by atoms with Gasteiger partial charge in [-0.2, -0.15) is 0 Å². The Morgan fingerprint density at radius 1 is 1.42 bits per heavy atom. The number of ether oxygens (including phenoxy) is 2. The van der Waals surface area contributed by atoms with Crippen molar-refractivity contribution in [2.24, 2.45) is 4.99 Å². The summed E-state index contributed by atoms with van der Waals surface area (Å²) in [6.07, 6.45) is 3.54. The summed E-state index contributed by atoms with van der Waals surface area (Å²) < 4.78 is 11.2. The number of nitrogens with zero attached hydrogens (tertiary/aromatic N) is 2. The first kappa shape index (κ1) is 21.1. The second kappa shape index (κ2) is 10.8. The zero-order valence-electron chi connectivity index (χ0n) is 16.6. The van der Waals surface area contributed by atoms with E-state index in [2.05, 4.69) is 48.7 Å². The number of aliphatic imine (C=N–C) groups is 1. The van der Waals surface area contributed by atoms with E-state index in [1.165, 1.54) is 0 Å². The smallest absolute Gasteiger partial charge is 0.191 e. The van der Waals surface area contributed by atoms with Crippen LogP contribution in [-0.2, 0) is 21.4 Å². The molecule has 1 unspecified atom stereocenters. The van der Waals surface area contributed by atoms with Crippen LogP contribution in [0.2, 0.25) is 0 Å². The van der Waals surface area contributed by atoms with E-state index in [1.807, 2.05) is 0 Å². The Hall–Kier alpha value is -1.18. The average Bonchev–Trinajstić information content (AvgIpc) is 3.26. The second-order valence-electron chi connectivity index (χ2n) is 7.58. The third kappa shape index (κ3) is 7.60. The Kier molecular flexibility index (Phi) is 8.81. The molecule has 1 atom stereocenters. The molecule has 1 aromatic heterocycles. The van der Waals surface area contributed by atoms with Gasteiger partial charge in [0.2, 0.25) is 0 Å². The van der Waals surface area contributed by atoms with E-state index in [0.29, 0.717) is 19.3 Å². The molecule has 148 valence electrons. The van der Waals surface area contributed by atoms with Gasteiger partial charge in [0.05, 0.1) is 30.0 Å². The Morgan fingerprint density at radius 2 is 2.27 bits per heavy atom. The van der Waals surface area contributed by atoms with Gasteiger partial charge in [-0.1, -0.05) is 20.8 Å². The summed E-state index contributed by atoms with van der Waals surface area (Å²) in [7, 11) is 0. The highest BCUT2D eigenvalue weighted by atomic mass is 32.1. The molecular weight excluding hydrogens is 348 g/mol. The standard InChI is InChI=1S/C19H34N4O2S/c1-5-20-18(21-9-7-10-24-13-16-8-6-11-25-16)22-12-15-14-26-17(23-15)19(2,3)4/h14,16H,5-13H2,1-4H3,(H2,20,21,22). The van der Waals surface area contributed by atoms with Gasteiger partial charge in [0, 0.05) is 37.1 Å². The third-order valence-corrected chi connectivity index (χ3v) is 5.34. The fraction of sp³-hybridized carbons (Fsp3) is 0.789. The van der Waals surface area contributed by atoms with Gasteiger partial charge in [0.1, 0.15) is 0 Å². The van der Waals surface area contributed by atoms with Gasteiger partial charge in [-0.05, 0) is 26.2 Å². The maximum absolute atomic E-state index is 5.69. The molecule has 0 aromatic carbocycles. The van der Waals surface area contributed by atoms with Crippen LogP contribution in [0.25, 0.3) is 0 Å². The SMILES string of the molecule is CCNC(=NCc1csc(C(C)(C)C)n1)NCCCOCC1CCCO1. The molecule has 2 N–H and O–H groups in total. The van der Waals surface area contributed by atoms with Crippen molar-refractivity contribution in [3.63, 3.8) is 0 Å². The molecule has 1 aromatic rings. The van der Waals surface area contributed by atoms with E-state index < -0.39 is 0 Å². The number of hydrogen-bond donors (Lipinski definition) is 2. The molecule has 0 saturated carbocycles. The van der Waals surface area contributed by atoms with Crippen molar-refractivity contribution in [2.75, 3.05) is 32.9 Å². The van der Waals surface area contributed by atoms with Crippen LogP contribution in [-0.4, -0.2) is 50.0 Å². The molecule has 2 rings (SSSR count). The summed E-state index contributed by atoms with van der Waals surface area (Å²) >= 11 is 1.71. The zero-order valence-corrected chi connectivity index (χ0v) is 17.5. The lowest BCUT2D eigenvalue weighted by Gasteiger charge is -2.13. The van der Waals surface area contributed by atoms with E-state index in [-0.39, 0.29) is 5.41 Å². The maximum atomic E-state index is 5.69. The van der Waals surface area contributed by atoms with E-state index in [9.17, 15) is 0 Å². The first-order valence-corrected chi connectivity index (χ1v) is 10.5. The van der Waals surface area contributed by atoms with Gasteiger partial charge in [-0.25, -0.2) is 9.98 Å². The highest BCUT2D eigenvalue weighted by Gasteiger charge is 2.18. The highest BCUT2D eigenvalue weighted by molar-refractivity contribution is 7.09. The Bertz CT molecular complexity index is 548. The second-order valence-corrected chi connectivity index (χ2v) is 8.44. The largest absolute Gasteiger partial charge is 0.379 e. The number of hydrogen-bond acceptors (Lipinski definition) is 5. The van der Waals surface area contributed by atoms with Crippen LogP contribution in [0.5, 0.6) is 0 Å². The van der Waals surface area contributed by atoms with Gasteiger partial charge < -0.3 is 20.1 Å². The van der Waals surface area contributed by atoms with Crippen LogP contribution < -0.4 is 10.6 Å². The molecule has 0 spiro atoms. The van der Waals surface area contributed by atoms with Crippen molar-refractivity contribution in [3.8, 4) is 0 Å². The van der Waals surface area contributed by atoms with Crippen LogP contribution in [0.1, 0.15) is 57.7 Å². The maximum Gasteiger partial charge on any atom is 0.191 e. The summed E-state index contributed by atoms with van der Waals surface area (Å²) in [5.41, 5.74) is 1.12. The molecule has 0 amide bonds. The van der Waals surface area contributed by atoms with Crippen LogP contribution >= 0.6 is 11.3 Å². The lowest BCUT2D eigenvalue weighted by molar-refractivity contribution is 0.0168. The normalized spacial score (nSPS) is 18.3. The number of aromatic nitrogens is 1. The molecule has 0 bridgehead atoms. The minimum atomic E-state index is 0.0961. The highest BCUT2D eigenvalue weighted by Crippen LogP contribution is 2.25. The number of guanidine groups is 1. The van der Waals surface area contributed by atoms with Gasteiger partial charge in [-0.3, -0.25) is 0 Å². The molecule has 0 aliphatic carbocycles. The molecule has 1 saturated heterocycles. The van der Waals surface area contributed by atoms with Crippen molar-refractivity contribution in [2.45, 2.75) is 65.0 Å². The minimum Gasteiger partial charge on any atom is -0.379 e. The first-order chi connectivity index (χ1) is 12.5. The molecule has 1 fully saturated rings. The van der Waals surface area contributed by atoms with E-state index in [1.54, 1.807) is 11.3 Å². The predicted molar refractivity (Wildman–Crippen MR) is 108 cm³/mol. The van der Waals surface area contributed by atoms with Crippen molar-refractivity contribution in [1.82, 2.24) is 15.6 Å². The van der Waals surface area contributed by atoms with Crippen molar-refractivity contribution < 1.29 is 9.47 Å². The Morgan fingerprint density at radius 3 is 2.92 bits per heavy atom. The lowest BCUT2D eigenvalue weighted by atomic mass is 9.98. The monoisotopic (exact) mass is 382 g/mol. The summed E-state index contributed by atoms with van der Waals surface area (Å²) in [5, 5.41) is 9.90. The topological polar surface area (TPSA) is 67.8 Å². The molecule has 26 heavy (non-hydrogen) atoms. The van der Waals surface area contributed by atoms with E-state index in [0.717, 1.165) is 62.2 Å². The molecule has 1 aliphatic heterocycles. The van der Waals surface area contributed by atoms with E-state index >= 15 is 0 Å². The molecule has 7 heteroatoms. The molecule has 2 heterocycles. The number of thiazole rings is 1. The Balaban J connectivity index is 1.68. The molecule has 1 aliphatic rings. The quantitative estimate of drug-likeness (QED) is 0.390. The van der Waals surface area contributed by atoms with Gasteiger partial charge in [-0.15, -0.1) is 11.3 Å². The van der Waals surface area contributed by atoms with Gasteiger partial charge >= 0.3 is 0 Å². The van der Waals surface area contributed by atoms with Crippen molar-refractivity contribution in [3.05, 3.63) is 16.1 Å². The molecule has 0 radical (unpaired) electrons. The summed E-state index contributed by atoms with van der Waals surface area (Å²) in [6, 6.07) is 0. The van der Waals surface area contributed by atoms with Crippen LogP contribution in [0.3, 0.4) is 0 Å². The average molecular weight is 383 g/mol. The van der Waals surface area contributed by atoms with Crippen molar-refractivity contribution in [1.29, 1.82) is 0 Å². The summed E-state index contributed by atoms with van der Waals surface area (Å²) in [6.45, 7) is 13.2. The third-order valence-electron chi connectivity index (χ3n) is 4.02. The summed E-state index contributed by atoms with van der Waals surface area (Å²) in [5.74, 6) is 0.830. The summed E-state index contributed by atoms with van der Waals surface area (Å²) in [4.78, 5) is 9.33. The van der Waals surface area contributed by atoms with Gasteiger partial charge in [0.15, 0.2) is 5.96 Å². The molecular formula is C19H34N4O2S. The zero-order chi connectivity index (χ0) is 18.8. The fourth-order valence-corrected chi connectivity index (χ4v) is 3.50. The minimum absolute atomic E-state index is 0.0961. The Labute approximate surface area is 161 Å². The number of rotatable bonds is 9. The number of nitrogens with one attached hydrogen (secondary N) is 2. The van der Waals surface area contributed by atoms with Gasteiger partial charge in [0.25, 0.3) is 0 Å². The molecule has 6 nitrogen and oxygen atoms in total. The fourth-order valence-electron chi connectivity index (χ4n) is 2.60. The van der Waals surface area contributed by atoms with Crippen LogP contribution in [0.15, 0.2) is 10.4 Å². The predicted octanol–water partition coefficient (Wildman–Crippen LogP) is 3.08. The first-order valence-electron chi connectivity index (χ1n) is 9.65. The van der Waals surface area contributed by atoms with Crippen LogP contribution in [0.4, 0.5) is 0 Å². The van der Waals surface area contributed by atoms with Crippen molar-refractivity contribution >= 4 is 17.3 Å². The van der Waals surface area contributed by atoms with E-state index in [4.69, 9.17) is 14.5 Å². The van der Waals surface area contributed by atoms with Crippen LogP contribution in [0, 0.1) is 0 Å².